The first-order valence-corrected chi connectivity index (χ1v) is 11.2. The van der Waals surface area contributed by atoms with Gasteiger partial charge in [0.1, 0.15) is 11.6 Å². The summed E-state index contributed by atoms with van der Waals surface area (Å²) in [6.07, 6.45) is 0.682. The molecule has 5 heteroatoms. The highest BCUT2D eigenvalue weighted by Gasteiger charge is 2.14. The molecule has 0 bridgehead atoms. The van der Waals surface area contributed by atoms with E-state index in [2.05, 4.69) is 32.9 Å². The van der Waals surface area contributed by atoms with Crippen molar-refractivity contribution in [2.45, 2.75) is 39.2 Å². The van der Waals surface area contributed by atoms with Crippen LogP contribution in [0.5, 0.6) is 5.75 Å². The molecule has 0 saturated carbocycles. The van der Waals surface area contributed by atoms with Gasteiger partial charge in [0.05, 0.1) is 17.5 Å². The average Bonchev–Trinajstić information content (AvgIpc) is 2.78. The van der Waals surface area contributed by atoms with Gasteiger partial charge in [0.25, 0.3) is 5.56 Å². The molecule has 0 aliphatic carbocycles. The molecule has 3 aromatic carbocycles. The van der Waals surface area contributed by atoms with Gasteiger partial charge in [-0.15, -0.1) is 0 Å². The minimum atomic E-state index is -0.0462. The summed E-state index contributed by atoms with van der Waals surface area (Å²) in [7, 11) is 0. The van der Waals surface area contributed by atoms with Crippen LogP contribution in [-0.4, -0.2) is 16.2 Å². The lowest BCUT2D eigenvalue weighted by molar-refractivity contribution is 0.301. The fourth-order valence-corrected chi connectivity index (χ4v) is 3.78. The zero-order valence-corrected chi connectivity index (χ0v) is 19.4. The summed E-state index contributed by atoms with van der Waals surface area (Å²) in [4.78, 5) is 18.0. The number of para-hydroxylation sites is 1. The van der Waals surface area contributed by atoms with E-state index >= 15 is 0 Å². The van der Waals surface area contributed by atoms with Gasteiger partial charge < -0.3 is 4.74 Å². The van der Waals surface area contributed by atoms with E-state index in [0.717, 1.165) is 11.3 Å². The Labute approximate surface area is 193 Å². The molecule has 0 saturated heterocycles. The highest BCUT2D eigenvalue weighted by Crippen LogP contribution is 2.25. The molecule has 0 fully saturated rings. The number of nitrogens with zero attached hydrogens (tertiary/aromatic N) is 2. The maximum atomic E-state index is 13.2. The van der Waals surface area contributed by atoms with Crippen LogP contribution in [0.25, 0.3) is 22.3 Å². The van der Waals surface area contributed by atoms with Gasteiger partial charge in [0.2, 0.25) is 0 Å². The molecule has 4 rings (SSSR count). The Kier molecular flexibility index (Phi) is 6.33. The van der Waals surface area contributed by atoms with Crippen molar-refractivity contribution in [1.29, 1.82) is 0 Å². The number of aromatic nitrogens is 2. The molecule has 0 spiro atoms. The lowest BCUT2D eigenvalue weighted by Crippen LogP contribution is -2.24. The van der Waals surface area contributed by atoms with E-state index in [1.165, 1.54) is 5.56 Å². The number of fused-ring (bicyclic) bond motifs is 1. The molecule has 0 unspecified atom stereocenters. The number of hydrogen-bond donors (Lipinski definition) is 0. The number of rotatable bonds is 6. The molecule has 4 nitrogen and oxygen atoms in total. The number of benzene rings is 3. The summed E-state index contributed by atoms with van der Waals surface area (Å²) < 4.78 is 7.66. The molecule has 1 heterocycles. The van der Waals surface area contributed by atoms with Crippen LogP contribution in [0.15, 0.2) is 77.6 Å². The molecular weight excluding hydrogens is 420 g/mol. The van der Waals surface area contributed by atoms with E-state index in [1.54, 1.807) is 4.57 Å². The van der Waals surface area contributed by atoms with Crippen molar-refractivity contribution in [2.24, 2.45) is 0 Å². The molecule has 32 heavy (non-hydrogen) atoms. The summed E-state index contributed by atoms with van der Waals surface area (Å²) >= 11 is 6.05. The molecule has 0 radical (unpaired) electrons. The van der Waals surface area contributed by atoms with Gasteiger partial charge in [-0.25, -0.2) is 4.98 Å². The third-order valence-corrected chi connectivity index (χ3v) is 5.73. The van der Waals surface area contributed by atoms with Crippen LogP contribution in [0.2, 0.25) is 5.02 Å². The van der Waals surface area contributed by atoms with Gasteiger partial charge in [-0.3, -0.25) is 9.36 Å². The second kappa shape index (κ2) is 9.17. The molecule has 0 N–H and O–H groups in total. The Hall–Kier alpha value is -3.11. The molecule has 4 aromatic rings. The van der Waals surface area contributed by atoms with Crippen molar-refractivity contribution < 1.29 is 4.74 Å². The van der Waals surface area contributed by atoms with Gasteiger partial charge in [0.15, 0.2) is 0 Å². The normalized spacial score (nSPS) is 11.6. The van der Waals surface area contributed by atoms with E-state index in [4.69, 9.17) is 21.3 Å². The Morgan fingerprint density at radius 1 is 0.938 bits per heavy atom. The molecular formula is C27H27ClN2O2. The standard InChI is InChI=1S/C27H27ClN2O2/c1-27(2,3)20-11-15-22(16-12-20)32-18-6-17-30-25(19-9-13-21(28)14-10-19)29-24-8-5-4-7-23(24)26(30)31/h4-5,7-16H,6,17-18H2,1-3H3. The zero-order valence-electron chi connectivity index (χ0n) is 18.6. The Morgan fingerprint density at radius 2 is 1.62 bits per heavy atom. The molecule has 0 aliphatic heterocycles. The second-order valence-electron chi connectivity index (χ2n) is 8.89. The van der Waals surface area contributed by atoms with E-state index in [0.29, 0.717) is 41.3 Å². The zero-order chi connectivity index (χ0) is 22.7. The van der Waals surface area contributed by atoms with Crippen molar-refractivity contribution in [1.82, 2.24) is 9.55 Å². The van der Waals surface area contributed by atoms with Crippen LogP contribution >= 0.6 is 11.6 Å². The summed E-state index contributed by atoms with van der Waals surface area (Å²) in [5.74, 6) is 1.47. The maximum Gasteiger partial charge on any atom is 0.261 e. The Morgan fingerprint density at radius 3 is 2.31 bits per heavy atom. The van der Waals surface area contributed by atoms with Crippen LogP contribution in [0.1, 0.15) is 32.8 Å². The summed E-state index contributed by atoms with van der Waals surface area (Å²) in [5.41, 5.74) is 2.88. The maximum absolute atomic E-state index is 13.2. The van der Waals surface area contributed by atoms with Crippen molar-refractivity contribution in [2.75, 3.05) is 6.61 Å². The number of ether oxygens (including phenoxy) is 1. The van der Waals surface area contributed by atoms with Gasteiger partial charge in [0, 0.05) is 17.1 Å². The van der Waals surface area contributed by atoms with E-state index < -0.39 is 0 Å². The highest BCUT2D eigenvalue weighted by molar-refractivity contribution is 6.30. The van der Waals surface area contributed by atoms with Crippen molar-refractivity contribution >= 4 is 22.5 Å². The molecule has 0 aliphatic rings. The van der Waals surface area contributed by atoms with Gasteiger partial charge >= 0.3 is 0 Å². The van der Waals surface area contributed by atoms with Gasteiger partial charge in [-0.05, 0) is 65.9 Å². The number of halogens is 1. The van der Waals surface area contributed by atoms with Gasteiger partial charge in [-0.1, -0.05) is 56.6 Å². The predicted octanol–water partition coefficient (Wildman–Crippen LogP) is 6.48. The molecule has 164 valence electrons. The fraction of sp³-hybridized carbons (Fsp3) is 0.259. The topological polar surface area (TPSA) is 44.1 Å². The molecule has 0 atom stereocenters. The third-order valence-electron chi connectivity index (χ3n) is 5.48. The lowest BCUT2D eigenvalue weighted by atomic mass is 9.87. The summed E-state index contributed by atoms with van der Waals surface area (Å²) in [6, 6.07) is 23.1. The van der Waals surface area contributed by atoms with Gasteiger partial charge in [-0.2, -0.15) is 0 Å². The van der Waals surface area contributed by atoms with Crippen molar-refractivity contribution in [3.63, 3.8) is 0 Å². The van der Waals surface area contributed by atoms with E-state index in [9.17, 15) is 4.79 Å². The predicted molar refractivity (Wildman–Crippen MR) is 132 cm³/mol. The van der Waals surface area contributed by atoms with Crippen LogP contribution < -0.4 is 10.3 Å². The smallest absolute Gasteiger partial charge is 0.261 e. The SMILES string of the molecule is CC(C)(C)c1ccc(OCCCn2c(-c3ccc(Cl)cc3)nc3ccccc3c2=O)cc1. The van der Waals surface area contributed by atoms with Crippen LogP contribution in [0.4, 0.5) is 0 Å². The Bertz CT molecular complexity index is 1270. The largest absolute Gasteiger partial charge is 0.494 e. The van der Waals surface area contributed by atoms with Crippen LogP contribution in [-0.2, 0) is 12.0 Å². The molecule has 1 aromatic heterocycles. The van der Waals surface area contributed by atoms with E-state index in [-0.39, 0.29) is 11.0 Å². The fourth-order valence-electron chi connectivity index (χ4n) is 3.66. The minimum absolute atomic E-state index is 0.0462. The number of hydrogen-bond acceptors (Lipinski definition) is 3. The first-order chi connectivity index (χ1) is 15.3. The van der Waals surface area contributed by atoms with Crippen molar-refractivity contribution in [3.8, 4) is 17.1 Å². The monoisotopic (exact) mass is 446 g/mol. The van der Waals surface area contributed by atoms with E-state index in [1.807, 2.05) is 60.7 Å². The average molecular weight is 447 g/mol. The second-order valence-corrected chi connectivity index (χ2v) is 9.33. The van der Waals surface area contributed by atoms with Crippen molar-refractivity contribution in [3.05, 3.63) is 93.7 Å². The van der Waals surface area contributed by atoms with Crippen LogP contribution in [0.3, 0.4) is 0 Å². The Balaban J connectivity index is 1.54. The summed E-state index contributed by atoms with van der Waals surface area (Å²) in [6.45, 7) is 7.59. The quantitative estimate of drug-likeness (QED) is 0.318. The highest BCUT2D eigenvalue weighted by atomic mass is 35.5. The lowest BCUT2D eigenvalue weighted by Gasteiger charge is -2.19. The first-order valence-electron chi connectivity index (χ1n) is 10.8. The first kappa shape index (κ1) is 22.1. The molecule has 0 amide bonds. The van der Waals surface area contributed by atoms with Crippen LogP contribution in [0, 0.1) is 0 Å². The minimum Gasteiger partial charge on any atom is -0.494 e. The summed E-state index contributed by atoms with van der Waals surface area (Å²) in [5, 5.41) is 1.26. The third kappa shape index (κ3) is 4.86.